The van der Waals surface area contributed by atoms with Crippen LogP contribution in [-0.4, -0.2) is 34.1 Å². The quantitative estimate of drug-likeness (QED) is 0.161. The van der Waals surface area contributed by atoms with Crippen molar-refractivity contribution in [3.63, 3.8) is 0 Å². The van der Waals surface area contributed by atoms with Crippen LogP contribution in [-0.2, 0) is 0 Å². The molecule has 0 spiro atoms. The van der Waals surface area contributed by atoms with Crippen molar-refractivity contribution in [2.45, 2.75) is 0 Å². The van der Waals surface area contributed by atoms with Crippen LogP contribution in [0.4, 0.5) is 0 Å². The van der Waals surface area contributed by atoms with E-state index in [1.807, 2.05) is 73.1 Å². The normalized spacial score (nSPS) is 11.5. The first-order chi connectivity index (χ1) is 30.8. The van der Waals surface area contributed by atoms with Gasteiger partial charge in [0.25, 0.3) is 0 Å². The molecule has 12 aromatic rings. The molecule has 0 saturated heterocycles. The van der Waals surface area contributed by atoms with Crippen LogP contribution >= 0.6 is 0 Å². The lowest BCUT2D eigenvalue weighted by Gasteiger charge is -2.11. The molecule has 62 heavy (non-hydrogen) atoms. The minimum absolute atomic E-state index is 0.604. The summed E-state index contributed by atoms with van der Waals surface area (Å²) in [5.74, 6) is 1.86. The average molecular weight is 794 g/mol. The molecule has 0 aliphatic heterocycles. The van der Waals surface area contributed by atoms with E-state index in [2.05, 4.69) is 149 Å². The first-order valence-electron chi connectivity index (χ1n) is 20.7. The third kappa shape index (κ3) is 5.86. The fourth-order valence-electron chi connectivity index (χ4n) is 8.88. The fraction of sp³-hybridized carbons (Fsp3) is 0. The van der Waals surface area contributed by atoms with Crippen molar-refractivity contribution in [3.05, 3.63) is 213 Å². The highest BCUT2D eigenvalue weighted by Crippen LogP contribution is 2.42. The Morgan fingerprint density at radius 2 is 0.629 bits per heavy atom. The highest BCUT2D eigenvalue weighted by atomic mass is 15.0. The molecular weight excluding hydrogens is 759 g/mol. The molecule has 0 aliphatic rings. The SMILES string of the molecule is c1ccc(-c2nc(-c3ccccc3)nc(-c3ccc(-c4nccc5c4c4c(-c6ccc(-n7c8ccccc8c8ccccc87)cc6)nccc4n5-c4ccccc4)cc3)n2)cc1. The highest BCUT2D eigenvalue weighted by Gasteiger charge is 2.22. The highest BCUT2D eigenvalue weighted by molar-refractivity contribution is 6.19. The predicted molar refractivity (Wildman–Crippen MR) is 251 cm³/mol. The summed E-state index contributed by atoms with van der Waals surface area (Å²) in [6.45, 7) is 0. The van der Waals surface area contributed by atoms with Crippen molar-refractivity contribution >= 4 is 43.6 Å². The molecule has 7 heteroatoms. The van der Waals surface area contributed by atoms with E-state index in [4.69, 9.17) is 24.9 Å². The van der Waals surface area contributed by atoms with E-state index in [0.717, 1.165) is 72.4 Å². The maximum Gasteiger partial charge on any atom is 0.164 e. The molecule has 0 saturated carbocycles. The summed E-state index contributed by atoms with van der Waals surface area (Å²) >= 11 is 0. The lowest BCUT2D eigenvalue weighted by molar-refractivity contribution is 1.07. The number of hydrogen-bond acceptors (Lipinski definition) is 5. The third-order valence-corrected chi connectivity index (χ3v) is 11.7. The maximum absolute atomic E-state index is 5.11. The predicted octanol–water partition coefficient (Wildman–Crippen LogP) is 13.2. The van der Waals surface area contributed by atoms with Gasteiger partial charge in [-0.3, -0.25) is 9.97 Å². The van der Waals surface area contributed by atoms with Crippen molar-refractivity contribution in [1.82, 2.24) is 34.1 Å². The Kier molecular flexibility index (Phi) is 8.35. The molecule has 0 atom stereocenters. The number of nitrogens with zero attached hydrogens (tertiary/aromatic N) is 7. The molecule has 5 aromatic heterocycles. The number of aromatic nitrogens is 7. The molecule has 0 radical (unpaired) electrons. The lowest BCUT2D eigenvalue weighted by Crippen LogP contribution is -2.00. The zero-order valence-electron chi connectivity index (χ0n) is 33.3. The van der Waals surface area contributed by atoms with Gasteiger partial charge in [-0.2, -0.15) is 0 Å². The second-order valence-electron chi connectivity index (χ2n) is 15.3. The molecule has 0 amide bonds. The van der Waals surface area contributed by atoms with Crippen LogP contribution in [0.5, 0.6) is 0 Å². The summed E-state index contributed by atoms with van der Waals surface area (Å²) in [6.07, 6.45) is 3.82. The Bertz CT molecular complexity index is 3490. The summed E-state index contributed by atoms with van der Waals surface area (Å²) in [5, 5.41) is 4.55. The van der Waals surface area contributed by atoms with E-state index in [0.29, 0.717) is 17.5 Å². The summed E-state index contributed by atoms with van der Waals surface area (Å²) < 4.78 is 4.67. The van der Waals surface area contributed by atoms with Gasteiger partial charge in [0.15, 0.2) is 17.5 Å². The van der Waals surface area contributed by atoms with Crippen molar-refractivity contribution in [2.24, 2.45) is 0 Å². The fourth-order valence-corrected chi connectivity index (χ4v) is 8.88. The van der Waals surface area contributed by atoms with E-state index < -0.39 is 0 Å². The standard InChI is InChI=1S/C55H35N7/c1-4-14-38(15-5-1)53-58-54(39-16-6-2-7-17-39)60-55(59-53)40-26-24-36(25-27-40)51-49-47(32-34-56-51)62(41-18-8-3-9-19-41)48-33-35-57-52(50(48)49)37-28-30-42(31-29-37)61-45-22-12-10-20-43(45)44-21-11-13-23-46(44)61/h1-35H. The number of rotatable bonds is 7. The monoisotopic (exact) mass is 793 g/mol. The number of para-hydroxylation sites is 3. The molecule has 290 valence electrons. The molecule has 0 aliphatic carbocycles. The van der Waals surface area contributed by atoms with Gasteiger partial charge in [0.05, 0.1) is 33.5 Å². The van der Waals surface area contributed by atoms with Crippen LogP contribution < -0.4 is 0 Å². The van der Waals surface area contributed by atoms with Crippen LogP contribution in [0.15, 0.2) is 213 Å². The van der Waals surface area contributed by atoms with Crippen molar-refractivity contribution in [3.8, 4) is 68.1 Å². The van der Waals surface area contributed by atoms with Crippen molar-refractivity contribution in [2.75, 3.05) is 0 Å². The Labute approximate surface area is 356 Å². The van der Waals surface area contributed by atoms with E-state index >= 15 is 0 Å². The second-order valence-corrected chi connectivity index (χ2v) is 15.3. The minimum Gasteiger partial charge on any atom is -0.309 e. The van der Waals surface area contributed by atoms with Gasteiger partial charge in [-0.05, 0) is 48.5 Å². The van der Waals surface area contributed by atoms with Crippen LogP contribution in [0.1, 0.15) is 0 Å². The first-order valence-corrected chi connectivity index (χ1v) is 20.7. The van der Waals surface area contributed by atoms with Gasteiger partial charge < -0.3 is 9.13 Å². The largest absolute Gasteiger partial charge is 0.309 e. The summed E-state index contributed by atoms with van der Waals surface area (Å²) in [7, 11) is 0. The summed E-state index contributed by atoms with van der Waals surface area (Å²) in [6, 6.07) is 69.2. The van der Waals surface area contributed by atoms with Crippen LogP contribution in [0, 0.1) is 0 Å². The Hall–Kier alpha value is -8.55. The number of hydrogen-bond donors (Lipinski definition) is 0. The van der Waals surface area contributed by atoms with Gasteiger partial charge in [-0.15, -0.1) is 0 Å². The Morgan fingerprint density at radius 1 is 0.274 bits per heavy atom. The van der Waals surface area contributed by atoms with Crippen molar-refractivity contribution < 1.29 is 0 Å². The average Bonchev–Trinajstić information content (AvgIpc) is 3.88. The van der Waals surface area contributed by atoms with E-state index in [-0.39, 0.29) is 0 Å². The van der Waals surface area contributed by atoms with Crippen LogP contribution in [0.25, 0.3) is 112 Å². The molecule has 0 bridgehead atoms. The zero-order chi connectivity index (χ0) is 41.0. The van der Waals surface area contributed by atoms with E-state index in [1.54, 1.807) is 0 Å². The number of pyridine rings is 2. The number of benzene rings is 7. The zero-order valence-corrected chi connectivity index (χ0v) is 33.3. The third-order valence-electron chi connectivity index (χ3n) is 11.7. The van der Waals surface area contributed by atoms with Gasteiger partial charge in [-0.25, -0.2) is 15.0 Å². The van der Waals surface area contributed by atoms with Crippen LogP contribution in [0.3, 0.4) is 0 Å². The Morgan fingerprint density at radius 3 is 1.11 bits per heavy atom. The molecule has 12 rings (SSSR count). The van der Waals surface area contributed by atoms with E-state index in [1.165, 1.54) is 21.8 Å². The second kappa shape index (κ2) is 14.6. The van der Waals surface area contributed by atoms with Crippen LogP contribution in [0.2, 0.25) is 0 Å². The van der Waals surface area contributed by atoms with Gasteiger partial charge in [-0.1, -0.05) is 152 Å². The molecule has 0 fully saturated rings. The minimum atomic E-state index is 0.604. The smallest absolute Gasteiger partial charge is 0.164 e. The topological polar surface area (TPSA) is 74.3 Å². The summed E-state index contributed by atoms with van der Waals surface area (Å²) in [4.78, 5) is 25.1. The Balaban J connectivity index is 1.01. The molecule has 7 nitrogen and oxygen atoms in total. The van der Waals surface area contributed by atoms with Gasteiger partial charge in [0.1, 0.15) is 0 Å². The lowest BCUT2D eigenvalue weighted by atomic mass is 10.0. The number of fused-ring (bicyclic) bond motifs is 6. The van der Waals surface area contributed by atoms with Gasteiger partial charge in [0, 0.05) is 73.1 Å². The summed E-state index contributed by atoms with van der Waals surface area (Å²) in [5.41, 5.74) is 13.1. The van der Waals surface area contributed by atoms with Crippen molar-refractivity contribution in [1.29, 1.82) is 0 Å². The molecule has 7 aromatic carbocycles. The van der Waals surface area contributed by atoms with Gasteiger partial charge in [0.2, 0.25) is 0 Å². The van der Waals surface area contributed by atoms with Gasteiger partial charge >= 0.3 is 0 Å². The maximum atomic E-state index is 5.11. The first kappa shape index (κ1) is 35.4. The molecule has 5 heterocycles. The molecule has 0 unspecified atom stereocenters. The molecular formula is C55H35N7. The molecule has 0 N–H and O–H groups in total. The van der Waals surface area contributed by atoms with E-state index in [9.17, 15) is 0 Å².